The Hall–Kier alpha value is -14.5. The van der Waals surface area contributed by atoms with Crippen molar-refractivity contribution in [3.63, 3.8) is 0 Å². The number of likely N-dealkylation sites (tertiary alicyclic amines) is 1. The summed E-state index contributed by atoms with van der Waals surface area (Å²) >= 11 is 4.92. The SMILES string of the molecule is CC(=O)N1CCC[C@]12C/C=C/CCCC1(CCC/C=C/CCCOC(=O)N3CC[C@@]4(C3)NC(=O)[C@H](CCCCNC(=O)CC[C@@H](C(=O)N[C@@H](C)C(N)=O)NC(=O)[C@H](Cc3csc5ccccc35)NC(=O)[C@H](Cc3ccccc3Br)NC4=O)NC(=O)[C@H](Cc3ccccc3)NC(=O)[C@H](C)NC(=O)C(C)(C)NC(=O)[C@H](Cc3cccc(C(=O)O)c3)NC(=O)[C@H](CC(=O)O)NC1=O)NC(=O)[C@H](CC(C)(C)C)NC(=O)[C@H](CC(=O)O)NC2=O. The van der Waals surface area contributed by atoms with Gasteiger partial charge >= 0.3 is 24.0 Å². The molecule has 0 saturated carbocycles. The first kappa shape index (κ1) is 116. The molecule has 804 valence electrons. The number of allylic oxidation sites excluding steroid dienone is 3. The largest absolute Gasteiger partial charge is 0.481 e. The quantitative estimate of drug-likeness (QED) is 0.0593. The van der Waals surface area contributed by atoms with E-state index in [-0.39, 0.29) is 153 Å². The van der Waals surface area contributed by atoms with Crippen LogP contribution in [0.15, 0.2) is 137 Å². The first-order chi connectivity index (χ1) is 70.6. The molecule has 10 rings (SSSR count). The average Bonchev–Trinajstić information content (AvgIpc) is 1.64. The molecule has 3 fully saturated rings. The highest BCUT2D eigenvalue weighted by molar-refractivity contribution is 9.10. The number of aliphatic carboxylic acids is 2. The van der Waals surface area contributed by atoms with Crippen molar-refractivity contribution in [2.45, 2.75) is 298 Å². The number of hydrogen-bond acceptors (Lipinski definition) is 23. The van der Waals surface area contributed by atoms with Crippen LogP contribution < -0.4 is 85.5 Å². The third-order valence-electron chi connectivity index (χ3n) is 26.8. The molecule has 4 aromatic carbocycles. The Morgan fingerprint density at radius 2 is 1.08 bits per heavy atom. The Labute approximate surface area is 874 Å². The predicted octanol–water partition coefficient (Wildman–Crippen LogP) is 3.44. The minimum absolute atomic E-state index is 0.00155. The Balaban J connectivity index is 1.06. The van der Waals surface area contributed by atoms with E-state index in [1.165, 1.54) is 75.1 Å². The van der Waals surface area contributed by atoms with E-state index in [0.717, 1.165) is 9.60 Å². The lowest BCUT2D eigenvalue weighted by atomic mass is 9.83. The summed E-state index contributed by atoms with van der Waals surface area (Å²) in [6.07, 6.45) is 0.588. The smallest absolute Gasteiger partial charge is 0.409 e. The molecule has 20 N–H and O–H groups in total. The molecule has 18 amide bonds. The minimum atomic E-state index is -2.25. The van der Waals surface area contributed by atoms with Crippen molar-refractivity contribution in [1.29, 1.82) is 0 Å². The number of nitrogens with two attached hydrogens (primary N) is 1. The number of carbonyl (C=O) groups excluding carboxylic acids is 18. The van der Waals surface area contributed by atoms with Gasteiger partial charge in [-0.15, -0.1) is 11.3 Å². The molecule has 3 saturated heterocycles. The lowest BCUT2D eigenvalue weighted by molar-refractivity contribution is -0.146. The molecule has 5 aliphatic heterocycles. The molecule has 1 aromatic heterocycles. The second-order valence-electron chi connectivity index (χ2n) is 40.2. The van der Waals surface area contributed by atoms with Crippen molar-refractivity contribution in [3.05, 3.63) is 165 Å². The fourth-order valence-electron chi connectivity index (χ4n) is 18.6. The molecule has 3 bridgehead atoms. The number of benzene rings is 4. The number of nitrogens with zero attached hydrogens (tertiary/aromatic N) is 2. The normalized spacial score (nSPS) is 26.4. The number of primary amides is 1. The number of carboxylic acid groups (broad SMARTS) is 3. The van der Waals surface area contributed by atoms with Gasteiger partial charge < -0.3 is 115 Å². The second kappa shape index (κ2) is 53.4. The van der Waals surface area contributed by atoms with Gasteiger partial charge in [-0.2, -0.15) is 0 Å². The van der Waals surface area contributed by atoms with Gasteiger partial charge in [0.15, 0.2) is 0 Å². The second-order valence-corrected chi connectivity index (χ2v) is 42.0. The van der Waals surface area contributed by atoms with Crippen LogP contribution in [0.5, 0.6) is 0 Å². The number of nitrogens with one attached hydrogen (secondary N) is 15. The zero-order chi connectivity index (χ0) is 109. The summed E-state index contributed by atoms with van der Waals surface area (Å²) in [5, 5.41) is 73.8. The summed E-state index contributed by atoms with van der Waals surface area (Å²) in [4.78, 5) is 310. The van der Waals surface area contributed by atoms with Crippen molar-refractivity contribution in [1.82, 2.24) is 89.6 Å². The third kappa shape index (κ3) is 33.2. The first-order valence-corrected chi connectivity index (χ1v) is 51.6. The molecule has 43 nitrogen and oxygen atoms in total. The molecular formula is C104H135BrN18O25S. The Morgan fingerprint density at radius 1 is 0.530 bits per heavy atom. The third-order valence-corrected chi connectivity index (χ3v) is 28.6. The van der Waals surface area contributed by atoms with Crippen LogP contribution in [0.4, 0.5) is 4.79 Å². The van der Waals surface area contributed by atoms with E-state index in [1.807, 2.05) is 18.2 Å². The van der Waals surface area contributed by atoms with E-state index in [9.17, 15) is 72.9 Å². The van der Waals surface area contributed by atoms with E-state index in [0.29, 0.717) is 33.0 Å². The molecule has 5 aliphatic rings. The molecule has 14 atom stereocenters. The van der Waals surface area contributed by atoms with Crippen LogP contribution in [0, 0.1) is 5.41 Å². The maximum Gasteiger partial charge on any atom is 0.409 e. The van der Waals surface area contributed by atoms with Crippen LogP contribution in [0.1, 0.15) is 216 Å². The van der Waals surface area contributed by atoms with E-state index in [1.54, 1.807) is 111 Å². The zero-order valence-electron chi connectivity index (χ0n) is 84.6. The van der Waals surface area contributed by atoms with Gasteiger partial charge in [-0.05, 0) is 200 Å². The summed E-state index contributed by atoms with van der Waals surface area (Å²) in [6, 6.07) is 8.67. The number of carbonyl (C=O) groups is 21. The lowest BCUT2D eigenvalue weighted by Crippen LogP contribution is -2.66. The van der Waals surface area contributed by atoms with E-state index < -0.39 is 257 Å². The van der Waals surface area contributed by atoms with Gasteiger partial charge in [0, 0.05) is 67.8 Å². The number of aromatic carboxylic acids is 1. The van der Waals surface area contributed by atoms with Gasteiger partial charge in [-0.3, -0.25) is 91.1 Å². The van der Waals surface area contributed by atoms with Crippen molar-refractivity contribution < 1.29 is 121 Å². The molecule has 149 heavy (non-hydrogen) atoms. The number of cyclic esters (lactones) is 1. The molecule has 3 spiro atoms. The number of halogens is 1. The van der Waals surface area contributed by atoms with Gasteiger partial charge in [0.1, 0.15) is 88.6 Å². The van der Waals surface area contributed by atoms with E-state index in [2.05, 4.69) is 95.7 Å². The van der Waals surface area contributed by atoms with Gasteiger partial charge in [0.2, 0.25) is 100 Å². The van der Waals surface area contributed by atoms with E-state index in [4.69, 9.17) is 10.5 Å². The van der Waals surface area contributed by atoms with Crippen LogP contribution in [0.2, 0.25) is 0 Å². The summed E-state index contributed by atoms with van der Waals surface area (Å²) in [5.41, 5.74) is -2.25. The first-order valence-electron chi connectivity index (χ1n) is 49.9. The van der Waals surface area contributed by atoms with Gasteiger partial charge in [-0.1, -0.05) is 140 Å². The van der Waals surface area contributed by atoms with Crippen molar-refractivity contribution in [3.8, 4) is 0 Å². The highest BCUT2D eigenvalue weighted by Crippen LogP contribution is 2.36. The van der Waals surface area contributed by atoms with Crippen molar-refractivity contribution in [2.24, 2.45) is 11.1 Å². The molecule has 0 radical (unpaired) electrons. The van der Waals surface area contributed by atoms with Crippen LogP contribution in [0.25, 0.3) is 10.1 Å². The van der Waals surface area contributed by atoms with Crippen molar-refractivity contribution >= 4 is 162 Å². The maximum atomic E-state index is 16.2. The van der Waals surface area contributed by atoms with Gasteiger partial charge in [0.05, 0.1) is 31.6 Å². The molecule has 0 aliphatic carbocycles. The van der Waals surface area contributed by atoms with Crippen LogP contribution >= 0.6 is 27.3 Å². The van der Waals surface area contributed by atoms with Crippen molar-refractivity contribution in [2.75, 3.05) is 32.8 Å². The summed E-state index contributed by atoms with van der Waals surface area (Å²) in [6.45, 7) is 10.1. The number of hydrogen-bond donors (Lipinski definition) is 19. The monoisotopic (exact) mass is 2150 g/mol. The topological polar surface area (TPSA) is 641 Å². The van der Waals surface area contributed by atoms with Crippen LogP contribution in [0.3, 0.4) is 0 Å². The number of fused-ring (bicyclic) bond motifs is 4. The minimum Gasteiger partial charge on any atom is -0.481 e. The number of ether oxygens (including phenoxy) is 1. The fraction of sp³-hybridized carbons (Fsp3) is 0.510. The van der Waals surface area contributed by atoms with Gasteiger partial charge in [-0.25, -0.2) is 9.59 Å². The number of thiophene rings is 1. The van der Waals surface area contributed by atoms with E-state index >= 15 is 43.2 Å². The van der Waals surface area contributed by atoms with Crippen LogP contribution in [-0.4, -0.2) is 271 Å². The predicted molar refractivity (Wildman–Crippen MR) is 548 cm³/mol. The molecule has 5 aromatic rings. The highest BCUT2D eigenvalue weighted by atomic mass is 79.9. The molecule has 6 heterocycles. The highest BCUT2D eigenvalue weighted by Gasteiger charge is 2.53. The standard InChI is InChI=1S/C104H135BrN18O25S/c1-60(83(106)130)108-85(132)71-39-40-80(125)107-46-26-22-37-70-91(138)121-103(97(145)116-75(53-65-33-18-20-36-69(65)105)88(135)114-74(87(134)111-71)54-67-58-149-79-38-21-19-35-68(67)79)45-48-122(59-103)99(147)148-49-27-14-10-9-11-23-41-102(42-24-12-13-25-43-104(44-29-47-123(104)62(3)124)98(146)118-77(56-82(128)129)90(137)115-78(93(140)120-102)57-100(4,5)6)96(144)117-76(55-81(126)127)89(136)113-73(52-64-32-28-34-66(50-64)94(141)142)92(139)119-101(7,8)95(143)109-61(2)84(131)112-72(86(133)110-70)51-63-30-16-15-17-31-63/h9-10,13,15-21,25,28,30-36,38,50,58,60-61,70-78H,11-12,14,22-24,26-27,29,37,39-49,51-57,59H2,1-8H3,(H2,106,130)(H,107,125)(H,108,132)(H,109,143)(H,110,133)(H,111,134)(H,112,131)(H,113,136)(H,114,135)(H,115,137)(H,116,145)(H,117,144)(H,118,146)(H,119,139)(H,120,140)(H,121,138)(H,126,127)(H,128,129)(H,141,142)/b10-9+,25-13+/t60-,61-,70-,71-,72-,73-,74-,75-,76-,77-,78-,102?,103-,104-/m0/s1. The number of rotatable bonds is 17. The zero-order valence-corrected chi connectivity index (χ0v) is 87.0. The lowest BCUT2D eigenvalue weighted by Gasteiger charge is -2.38. The van der Waals surface area contributed by atoms with Gasteiger partial charge in [0.25, 0.3) is 0 Å². The maximum absolute atomic E-state index is 16.2. The number of amides is 18. The molecular weight excluding hydrogens is 2010 g/mol. The summed E-state index contributed by atoms with van der Waals surface area (Å²) in [7, 11) is 0. The molecule has 45 heteroatoms. The Bertz CT molecular complexity index is 5870. The number of carboxylic acids is 3. The average molecular weight is 2150 g/mol. The Morgan fingerprint density at radius 3 is 1.74 bits per heavy atom. The molecule has 1 unspecified atom stereocenters. The Kier molecular flexibility index (Phi) is 41.7. The fourth-order valence-corrected chi connectivity index (χ4v) is 20.0. The summed E-state index contributed by atoms with van der Waals surface area (Å²) in [5.74, 6) is -21.5. The van der Waals surface area contributed by atoms with Crippen LogP contribution in [-0.2, 0) is 122 Å². The summed E-state index contributed by atoms with van der Waals surface area (Å²) < 4.78 is 7.18.